The number of piperidine rings is 2. The van der Waals surface area contributed by atoms with Gasteiger partial charge in [-0.15, -0.1) is 0 Å². The standard InChI is InChI=1S/C21H33N3O/c1-16-8-11-24(12-9-16)15-19-5-3-18(4-6-19)14-23-21(25)20-7-10-22-17(2)13-20/h3-6,16-17,20,22H,7-15H2,1-2H3,(H,23,25)/t17-,20-/m0/s1. The summed E-state index contributed by atoms with van der Waals surface area (Å²) in [6.45, 7) is 9.57. The molecule has 4 nitrogen and oxygen atoms in total. The summed E-state index contributed by atoms with van der Waals surface area (Å²) in [5.41, 5.74) is 2.56. The molecule has 2 atom stereocenters. The van der Waals surface area contributed by atoms with Crippen LogP contribution in [0.15, 0.2) is 24.3 Å². The van der Waals surface area contributed by atoms with Crippen molar-refractivity contribution >= 4 is 5.91 Å². The van der Waals surface area contributed by atoms with E-state index in [2.05, 4.69) is 53.6 Å². The van der Waals surface area contributed by atoms with E-state index >= 15 is 0 Å². The molecular formula is C21H33N3O. The summed E-state index contributed by atoms with van der Waals surface area (Å²) >= 11 is 0. The second kappa shape index (κ2) is 8.81. The lowest BCUT2D eigenvalue weighted by Gasteiger charge is -2.30. The van der Waals surface area contributed by atoms with Gasteiger partial charge in [-0.05, 0) is 69.3 Å². The predicted octanol–water partition coefficient (Wildman–Crippen LogP) is 2.92. The van der Waals surface area contributed by atoms with Gasteiger partial charge in [0, 0.05) is 25.0 Å². The average molecular weight is 344 g/mol. The fourth-order valence-electron chi connectivity index (χ4n) is 3.94. The summed E-state index contributed by atoms with van der Waals surface area (Å²) in [5.74, 6) is 1.25. The number of carbonyl (C=O) groups excluding carboxylic acids is 1. The van der Waals surface area contributed by atoms with E-state index in [0.29, 0.717) is 12.6 Å². The van der Waals surface area contributed by atoms with Crippen LogP contribution in [0.5, 0.6) is 0 Å². The van der Waals surface area contributed by atoms with Crippen molar-refractivity contribution in [1.82, 2.24) is 15.5 Å². The van der Waals surface area contributed by atoms with Crippen LogP contribution >= 0.6 is 0 Å². The highest BCUT2D eigenvalue weighted by molar-refractivity contribution is 5.78. The summed E-state index contributed by atoms with van der Waals surface area (Å²) in [6, 6.07) is 9.19. The summed E-state index contributed by atoms with van der Waals surface area (Å²) in [7, 11) is 0. The number of rotatable bonds is 5. The van der Waals surface area contributed by atoms with Crippen LogP contribution in [0.25, 0.3) is 0 Å². The topological polar surface area (TPSA) is 44.4 Å². The molecule has 2 heterocycles. The first-order valence-corrected chi connectivity index (χ1v) is 9.91. The first-order chi connectivity index (χ1) is 12.1. The second-order valence-electron chi connectivity index (χ2n) is 8.07. The molecule has 0 radical (unpaired) electrons. The zero-order valence-electron chi connectivity index (χ0n) is 15.8. The number of hydrogen-bond donors (Lipinski definition) is 2. The molecule has 25 heavy (non-hydrogen) atoms. The molecule has 0 unspecified atom stereocenters. The average Bonchev–Trinajstić information content (AvgIpc) is 2.63. The highest BCUT2D eigenvalue weighted by Gasteiger charge is 2.24. The Hall–Kier alpha value is -1.39. The van der Waals surface area contributed by atoms with Crippen molar-refractivity contribution in [3.8, 4) is 0 Å². The number of benzene rings is 1. The lowest BCUT2D eigenvalue weighted by Crippen LogP contribution is -2.42. The van der Waals surface area contributed by atoms with Crippen LogP contribution in [0.4, 0.5) is 0 Å². The molecule has 138 valence electrons. The van der Waals surface area contributed by atoms with E-state index in [1.54, 1.807) is 0 Å². The molecular weight excluding hydrogens is 310 g/mol. The van der Waals surface area contributed by atoms with E-state index in [1.165, 1.54) is 37.1 Å². The van der Waals surface area contributed by atoms with Crippen molar-refractivity contribution in [2.24, 2.45) is 11.8 Å². The van der Waals surface area contributed by atoms with Crippen LogP contribution in [-0.4, -0.2) is 36.5 Å². The molecule has 0 bridgehead atoms. The molecule has 0 aliphatic carbocycles. The number of amides is 1. The normalized spacial score (nSPS) is 25.7. The Balaban J connectivity index is 1.43. The molecule has 1 amide bonds. The first kappa shape index (κ1) is 18.4. The van der Waals surface area contributed by atoms with Gasteiger partial charge < -0.3 is 10.6 Å². The van der Waals surface area contributed by atoms with Gasteiger partial charge in [-0.25, -0.2) is 0 Å². The minimum Gasteiger partial charge on any atom is -0.352 e. The van der Waals surface area contributed by atoms with E-state index in [9.17, 15) is 4.79 Å². The Morgan fingerprint density at radius 1 is 1.12 bits per heavy atom. The van der Waals surface area contributed by atoms with Crippen molar-refractivity contribution in [3.05, 3.63) is 35.4 Å². The Morgan fingerprint density at radius 3 is 2.48 bits per heavy atom. The third-order valence-corrected chi connectivity index (χ3v) is 5.77. The summed E-state index contributed by atoms with van der Waals surface area (Å²) in [6.07, 6.45) is 4.53. The summed E-state index contributed by atoms with van der Waals surface area (Å²) in [5, 5.41) is 6.52. The van der Waals surface area contributed by atoms with Gasteiger partial charge >= 0.3 is 0 Å². The number of nitrogens with zero attached hydrogens (tertiary/aromatic N) is 1. The number of hydrogen-bond acceptors (Lipinski definition) is 3. The summed E-state index contributed by atoms with van der Waals surface area (Å²) in [4.78, 5) is 14.9. The van der Waals surface area contributed by atoms with Crippen LogP contribution in [0.2, 0.25) is 0 Å². The minimum absolute atomic E-state index is 0.164. The van der Waals surface area contributed by atoms with Crippen molar-refractivity contribution in [2.45, 2.75) is 58.7 Å². The van der Waals surface area contributed by atoms with Gasteiger partial charge in [0.2, 0.25) is 5.91 Å². The number of nitrogens with one attached hydrogen (secondary N) is 2. The van der Waals surface area contributed by atoms with E-state index in [1.807, 2.05) is 0 Å². The highest BCUT2D eigenvalue weighted by Crippen LogP contribution is 2.19. The smallest absolute Gasteiger partial charge is 0.223 e. The van der Waals surface area contributed by atoms with E-state index in [4.69, 9.17) is 0 Å². The maximum Gasteiger partial charge on any atom is 0.223 e. The fraction of sp³-hybridized carbons (Fsp3) is 0.667. The molecule has 0 spiro atoms. The van der Waals surface area contributed by atoms with Gasteiger partial charge in [0.25, 0.3) is 0 Å². The van der Waals surface area contributed by atoms with Gasteiger partial charge in [0.05, 0.1) is 0 Å². The first-order valence-electron chi connectivity index (χ1n) is 9.91. The van der Waals surface area contributed by atoms with E-state index in [0.717, 1.165) is 31.8 Å². The second-order valence-corrected chi connectivity index (χ2v) is 8.07. The van der Waals surface area contributed by atoms with E-state index in [-0.39, 0.29) is 11.8 Å². The van der Waals surface area contributed by atoms with Gasteiger partial charge in [-0.2, -0.15) is 0 Å². The van der Waals surface area contributed by atoms with Gasteiger partial charge in [0.15, 0.2) is 0 Å². The molecule has 0 saturated carbocycles. The SMILES string of the molecule is CC1CCN(Cc2ccc(CNC(=O)[C@H]3CCN[C@@H](C)C3)cc2)CC1. The minimum atomic E-state index is 0.164. The van der Waals surface area contributed by atoms with Crippen LogP contribution < -0.4 is 10.6 Å². The van der Waals surface area contributed by atoms with Crippen LogP contribution in [0.3, 0.4) is 0 Å². The Labute approximate surface area is 152 Å². The predicted molar refractivity (Wildman–Crippen MR) is 102 cm³/mol. The Bertz CT molecular complexity index is 549. The number of carbonyl (C=O) groups is 1. The summed E-state index contributed by atoms with van der Waals surface area (Å²) < 4.78 is 0. The van der Waals surface area contributed by atoms with Gasteiger partial charge in [-0.3, -0.25) is 9.69 Å². The van der Waals surface area contributed by atoms with Crippen molar-refractivity contribution < 1.29 is 4.79 Å². The largest absolute Gasteiger partial charge is 0.352 e. The molecule has 1 aromatic carbocycles. The Kier molecular flexibility index (Phi) is 6.49. The van der Waals surface area contributed by atoms with Gasteiger partial charge in [-0.1, -0.05) is 31.2 Å². The zero-order valence-corrected chi connectivity index (χ0v) is 15.8. The molecule has 1 aromatic rings. The quantitative estimate of drug-likeness (QED) is 0.864. The van der Waals surface area contributed by atoms with Crippen molar-refractivity contribution in [1.29, 1.82) is 0 Å². The monoisotopic (exact) mass is 343 g/mol. The number of likely N-dealkylation sites (tertiary alicyclic amines) is 1. The fourth-order valence-corrected chi connectivity index (χ4v) is 3.94. The molecule has 2 aliphatic rings. The lowest BCUT2D eigenvalue weighted by atomic mass is 9.92. The van der Waals surface area contributed by atoms with Crippen LogP contribution in [-0.2, 0) is 17.9 Å². The van der Waals surface area contributed by atoms with Gasteiger partial charge in [0.1, 0.15) is 0 Å². The van der Waals surface area contributed by atoms with E-state index < -0.39 is 0 Å². The molecule has 2 saturated heterocycles. The third kappa shape index (κ3) is 5.55. The van der Waals surface area contributed by atoms with Crippen LogP contribution in [0, 0.1) is 11.8 Å². The van der Waals surface area contributed by atoms with Crippen LogP contribution in [0.1, 0.15) is 50.7 Å². The zero-order chi connectivity index (χ0) is 17.6. The third-order valence-electron chi connectivity index (χ3n) is 5.77. The maximum absolute atomic E-state index is 12.3. The molecule has 2 aliphatic heterocycles. The maximum atomic E-state index is 12.3. The van der Waals surface area contributed by atoms with Crippen molar-refractivity contribution in [2.75, 3.05) is 19.6 Å². The van der Waals surface area contributed by atoms with Crippen molar-refractivity contribution in [3.63, 3.8) is 0 Å². The highest BCUT2D eigenvalue weighted by atomic mass is 16.1. The molecule has 3 rings (SSSR count). The molecule has 0 aromatic heterocycles. The Morgan fingerprint density at radius 2 is 1.80 bits per heavy atom. The molecule has 2 fully saturated rings. The molecule has 2 N–H and O–H groups in total. The lowest BCUT2D eigenvalue weighted by molar-refractivity contribution is -0.126. The molecule has 4 heteroatoms.